The molecule has 0 saturated heterocycles. The average molecular weight is 221 g/mol. The predicted molar refractivity (Wildman–Crippen MR) is 55.3 cm³/mol. The predicted octanol–water partition coefficient (Wildman–Crippen LogP) is 0.964. The second-order valence-electron chi connectivity index (χ2n) is 3.20. The summed E-state index contributed by atoms with van der Waals surface area (Å²) in [5.74, 6) is -0.377. The van der Waals surface area contributed by atoms with Crippen LogP contribution in [-0.4, -0.2) is 32.3 Å². The molecule has 0 aliphatic heterocycles. The van der Waals surface area contributed by atoms with Crippen molar-refractivity contribution in [1.82, 2.24) is 14.6 Å². The third kappa shape index (κ3) is 1.87. The monoisotopic (exact) mass is 221 g/mol. The van der Waals surface area contributed by atoms with E-state index in [9.17, 15) is 4.79 Å². The van der Waals surface area contributed by atoms with Gasteiger partial charge in [0.25, 0.3) is 0 Å². The highest BCUT2D eigenvalue weighted by molar-refractivity contribution is 5.87. The van der Waals surface area contributed by atoms with Crippen molar-refractivity contribution in [3.05, 3.63) is 29.7 Å². The molecular formula is C10H11N3O3. The van der Waals surface area contributed by atoms with Crippen molar-refractivity contribution in [3.63, 3.8) is 0 Å². The van der Waals surface area contributed by atoms with E-state index in [1.54, 1.807) is 10.5 Å². The highest BCUT2D eigenvalue weighted by Gasteiger charge is 2.08. The summed E-state index contributed by atoms with van der Waals surface area (Å²) in [6, 6.07) is 3.11. The zero-order valence-corrected chi connectivity index (χ0v) is 8.75. The Morgan fingerprint density at radius 3 is 3.00 bits per heavy atom. The van der Waals surface area contributed by atoms with Crippen LogP contribution in [0.3, 0.4) is 0 Å². The van der Waals surface area contributed by atoms with E-state index in [1.807, 2.05) is 6.92 Å². The van der Waals surface area contributed by atoms with Crippen molar-refractivity contribution in [2.75, 3.05) is 6.61 Å². The molecule has 0 unspecified atom stereocenters. The molecule has 0 fully saturated rings. The first-order valence-electron chi connectivity index (χ1n) is 4.87. The normalized spacial score (nSPS) is 10.8. The lowest BCUT2D eigenvalue weighted by molar-refractivity contribution is 0.0696. The summed E-state index contributed by atoms with van der Waals surface area (Å²) >= 11 is 0. The van der Waals surface area contributed by atoms with Crippen molar-refractivity contribution in [1.29, 1.82) is 0 Å². The van der Waals surface area contributed by atoms with Gasteiger partial charge in [0.05, 0.1) is 5.56 Å². The van der Waals surface area contributed by atoms with Crippen molar-refractivity contribution >= 4 is 11.6 Å². The molecule has 0 aromatic carbocycles. The van der Waals surface area contributed by atoms with Crippen LogP contribution >= 0.6 is 0 Å². The fourth-order valence-corrected chi connectivity index (χ4v) is 1.36. The zero-order chi connectivity index (χ0) is 11.5. The molecule has 0 bridgehead atoms. The summed E-state index contributed by atoms with van der Waals surface area (Å²) in [5, 5.41) is 16.7. The van der Waals surface area contributed by atoms with E-state index in [1.165, 1.54) is 12.3 Å². The first-order valence-corrected chi connectivity index (χ1v) is 4.87. The van der Waals surface area contributed by atoms with Crippen LogP contribution in [0.2, 0.25) is 0 Å². The van der Waals surface area contributed by atoms with Gasteiger partial charge < -0.3 is 9.84 Å². The van der Waals surface area contributed by atoms with E-state index >= 15 is 0 Å². The number of hydrogen-bond acceptors (Lipinski definition) is 4. The highest BCUT2D eigenvalue weighted by Crippen LogP contribution is 2.08. The minimum Gasteiger partial charge on any atom is -0.478 e. The smallest absolute Gasteiger partial charge is 0.337 e. The van der Waals surface area contributed by atoms with Gasteiger partial charge in [0.15, 0.2) is 11.5 Å². The largest absolute Gasteiger partial charge is 0.478 e. The Morgan fingerprint density at radius 2 is 2.31 bits per heavy atom. The molecule has 6 heteroatoms. The number of carbonyl (C=O) groups is 1. The quantitative estimate of drug-likeness (QED) is 0.832. The van der Waals surface area contributed by atoms with Crippen LogP contribution in [0.4, 0.5) is 0 Å². The third-order valence-electron chi connectivity index (χ3n) is 2.16. The number of carboxylic acids is 1. The van der Waals surface area contributed by atoms with E-state index in [-0.39, 0.29) is 5.56 Å². The number of nitrogens with zero attached hydrogens (tertiary/aromatic N) is 3. The molecule has 84 valence electrons. The maximum absolute atomic E-state index is 10.8. The van der Waals surface area contributed by atoms with E-state index < -0.39 is 5.97 Å². The lowest BCUT2D eigenvalue weighted by Crippen LogP contribution is -2.02. The van der Waals surface area contributed by atoms with Gasteiger partial charge >= 0.3 is 5.97 Å². The summed E-state index contributed by atoms with van der Waals surface area (Å²) in [5.41, 5.74) is 0.810. The summed E-state index contributed by atoms with van der Waals surface area (Å²) in [4.78, 5) is 10.8. The summed E-state index contributed by atoms with van der Waals surface area (Å²) in [7, 11) is 0. The second-order valence-corrected chi connectivity index (χ2v) is 3.20. The van der Waals surface area contributed by atoms with Gasteiger partial charge in [-0.1, -0.05) is 0 Å². The molecule has 0 aliphatic carbocycles. The van der Waals surface area contributed by atoms with E-state index in [4.69, 9.17) is 9.84 Å². The number of pyridine rings is 1. The standard InChI is InChI=1S/C10H11N3O3/c1-2-16-6-9-12-11-8-4-3-7(10(14)15)5-13(8)9/h3-5H,2,6H2,1H3,(H,14,15). The van der Waals surface area contributed by atoms with E-state index in [0.29, 0.717) is 24.7 Å². The van der Waals surface area contributed by atoms with Crippen LogP contribution in [0.5, 0.6) is 0 Å². The molecule has 2 rings (SSSR count). The maximum atomic E-state index is 10.8. The number of carboxylic acid groups (broad SMARTS) is 1. The Hall–Kier alpha value is -1.95. The van der Waals surface area contributed by atoms with Gasteiger partial charge in [0, 0.05) is 12.8 Å². The van der Waals surface area contributed by atoms with Gasteiger partial charge in [-0.05, 0) is 19.1 Å². The van der Waals surface area contributed by atoms with Gasteiger partial charge in [-0.15, -0.1) is 10.2 Å². The number of fused-ring (bicyclic) bond motifs is 1. The molecule has 2 aromatic heterocycles. The minimum atomic E-state index is -0.974. The highest BCUT2D eigenvalue weighted by atomic mass is 16.5. The molecule has 0 aliphatic rings. The zero-order valence-electron chi connectivity index (χ0n) is 8.75. The second kappa shape index (κ2) is 4.28. The summed E-state index contributed by atoms with van der Waals surface area (Å²) in [6.45, 7) is 2.78. The van der Waals surface area contributed by atoms with Crippen LogP contribution in [0.1, 0.15) is 23.1 Å². The molecule has 0 saturated carbocycles. The van der Waals surface area contributed by atoms with Gasteiger partial charge in [-0.2, -0.15) is 0 Å². The topological polar surface area (TPSA) is 76.7 Å². The molecule has 1 N–H and O–H groups in total. The third-order valence-corrected chi connectivity index (χ3v) is 2.16. The number of rotatable bonds is 4. The lowest BCUT2D eigenvalue weighted by atomic mass is 10.3. The Labute approximate surface area is 91.5 Å². The van der Waals surface area contributed by atoms with Crippen molar-refractivity contribution in [2.24, 2.45) is 0 Å². The van der Waals surface area contributed by atoms with Gasteiger partial charge in [-0.3, -0.25) is 4.40 Å². The summed E-state index contributed by atoms with van der Waals surface area (Å²) in [6.07, 6.45) is 1.49. The number of aromatic nitrogens is 3. The Balaban J connectivity index is 2.43. The van der Waals surface area contributed by atoms with Crippen LogP contribution in [-0.2, 0) is 11.3 Å². The molecule has 0 atom stereocenters. The van der Waals surface area contributed by atoms with Gasteiger partial charge in [-0.25, -0.2) is 4.79 Å². The maximum Gasteiger partial charge on any atom is 0.337 e. The van der Waals surface area contributed by atoms with Crippen LogP contribution < -0.4 is 0 Å². The van der Waals surface area contributed by atoms with Crippen molar-refractivity contribution in [3.8, 4) is 0 Å². The Morgan fingerprint density at radius 1 is 1.50 bits per heavy atom. The van der Waals surface area contributed by atoms with E-state index in [0.717, 1.165) is 0 Å². The van der Waals surface area contributed by atoms with Gasteiger partial charge in [0.2, 0.25) is 0 Å². The Kier molecular flexibility index (Phi) is 2.82. The van der Waals surface area contributed by atoms with E-state index in [2.05, 4.69) is 10.2 Å². The number of hydrogen-bond donors (Lipinski definition) is 1. The Bertz CT molecular complexity index is 521. The summed E-state index contributed by atoms with van der Waals surface area (Å²) < 4.78 is 6.84. The van der Waals surface area contributed by atoms with Crippen LogP contribution in [0.15, 0.2) is 18.3 Å². The van der Waals surface area contributed by atoms with Crippen molar-refractivity contribution in [2.45, 2.75) is 13.5 Å². The van der Waals surface area contributed by atoms with Gasteiger partial charge in [0.1, 0.15) is 6.61 Å². The van der Waals surface area contributed by atoms with Crippen LogP contribution in [0, 0.1) is 0 Å². The fraction of sp³-hybridized carbons (Fsp3) is 0.300. The molecule has 0 spiro atoms. The molecule has 2 heterocycles. The number of aromatic carboxylic acids is 1. The first kappa shape index (κ1) is 10.6. The minimum absolute atomic E-state index is 0.199. The van der Waals surface area contributed by atoms with Crippen molar-refractivity contribution < 1.29 is 14.6 Å². The SMILES string of the molecule is CCOCc1nnc2ccc(C(=O)O)cn12. The molecule has 6 nitrogen and oxygen atoms in total. The number of ether oxygens (including phenoxy) is 1. The molecule has 2 aromatic rings. The molecule has 0 amide bonds. The molecular weight excluding hydrogens is 210 g/mol. The fourth-order valence-electron chi connectivity index (χ4n) is 1.36. The van der Waals surface area contributed by atoms with Crippen LogP contribution in [0.25, 0.3) is 5.65 Å². The lowest BCUT2D eigenvalue weighted by Gasteiger charge is -2.01. The molecule has 16 heavy (non-hydrogen) atoms. The average Bonchev–Trinajstić information content (AvgIpc) is 2.68. The molecule has 0 radical (unpaired) electrons. The first-order chi connectivity index (χ1) is 7.72.